The third-order valence-electron chi connectivity index (χ3n) is 13.2. The van der Waals surface area contributed by atoms with Crippen molar-refractivity contribution in [2.24, 2.45) is 23.7 Å². The molecule has 0 radical (unpaired) electrons. The Hall–Kier alpha value is -5.06. The summed E-state index contributed by atoms with van der Waals surface area (Å²) >= 11 is 0. The standard InChI is InChI=1S/C44H48N6O4/c1-5-25-23-49-17-13-27(25)19-37(49)39(31-11-15-45-35-9-7-29(53-3)21-33(31)35)47-41-42(44(52)43(41)51)48-40(38-20-28-14-18-50(38)24-26(28)6-2)32-12-16-46-36-10-8-30(54-4)22-34(32)36/h5-12,15-16,21-22,25-28,37-40,47-48H,1-2,13-14,17-20,23-24H2,3-4H3. The van der Waals surface area contributed by atoms with Gasteiger partial charge in [-0.1, -0.05) is 12.2 Å². The van der Waals surface area contributed by atoms with Gasteiger partial charge >= 0.3 is 0 Å². The minimum atomic E-state index is -0.490. The normalized spacial score (nSPS) is 28.5. The summed E-state index contributed by atoms with van der Waals surface area (Å²) in [5.74, 6) is 3.36. The number of hydrogen-bond donors (Lipinski definition) is 2. The lowest BCUT2D eigenvalue weighted by molar-refractivity contribution is 0.0102. The van der Waals surface area contributed by atoms with E-state index in [1.54, 1.807) is 14.2 Å². The van der Waals surface area contributed by atoms with E-state index in [2.05, 4.69) is 55.7 Å². The molecule has 8 heterocycles. The summed E-state index contributed by atoms with van der Waals surface area (Å²) in [6.45, 7) is 12.1. The smallest absolute Gasteiger partial charge is 0.253 e. The SMILES string of the molecule is C=CC1CN2CCC1CC2C(Nc1c(NC(c2ccnc3ccc(OC)cc23)C2CC3CCN2CC3C=C)c(=O)c1=O)c1ccnc2ccc(OC)cc12. The molecule has 10 nitrogen and oxygen atoms in total. The topological polar surface area (TPSA) is 109 Å². The van der Waals surface area contributed by atoms with Gasteiger partial charge in [0.2, 0.25) is 0 Å². The summed E-state index contributed by atoms with van der Waals surface area (Å²) in [7, 11) is 3.33. The summed E-state index contributed by atoms with van der Waals surface area (Å²) in [5, 5.41) is 9.39. The Morgan fingerprint density at radius 2 is 1.15 bits per heavy atom. The van der Waals surface area contributed by atoms with Crippen LogP contribution in [0.3, 0.4) is 0 Å². The molecule has 0 amide bonds. The maximum atomic E-state index is 13.8. The number of ether oxygens (including phenoxy) is 2. The third kappa shape index (κ3) is 5.78. The van der Waals surface area contributed by atoms with Crippen LogP contribution in [0, 0.1) is 23.7 Å². The maximum absolute atomic E-state index is 13.8. The van der Waals surface area contributed by atoms with Gasteiger partial charge in [0.05, 0.1) is 37.3 Å². The summed E-state index contributed by atoms with van der Waals surface area (Å²) in [6, 6.07) is 15.6. The lowest BCUT2D eigenvalue weighted by Crippen LogP contribution is -2.57. The lowest BCUT2D eigenvalue weighted by atomic mass is 9.72. The summed E-state index contributed by atoms with van der Waals surface area (Å²) in [4.78, 5) is 42.1. The van der Waals surface area contributed by atoms with Crippen LogP contribution < -0.4 is 31.0 Å². The van der Waals surface area contributed by atoms with Crippen LogP contribution in [0.25, 0.3) is 21.8 Å². The van der Waals surface area contributed by atoms with Crippen molar-refractivity contribution < 1.29 is 9.47 Å². The van der Waals surface area contributed by atoms with E-state index in [9.17, 15) is 9.59 Å². The number of pyridine rings is 2. The highest BCUT2D eigenvalue weighted by molar-refractivity contribution is 5.86. The van der Waals surface area contributed by atoms with Crippen LogP contribution >= 0.6 is 0 Å². The number of nitrogens with one attached hydrogen (secondary N) is 2. The molecule has 0 aliphatic carbocycles. The predicted octanol–water partition coefficient (Wildman–Crippen LogP) is 6.50. The number of hydrogen-bond acceptors (Lipinski definition) is 10. The third-order valence-corrected chi connectivity index (χ3v) is 13.2. The lowest BCUT2D eigenvalue weighted by Gasteiger charge is -2.52. The van der Waals surface area contributed by atoms with Crippen LogP contribution in [-0.4, -0.2) is 72.3 Å². The van der Waals surface area contributed by atoms with Gasteiger partial charge in [-0.25, -0.2) is 0 Å². The van der Waals surface area contributed by atoms with Crippen LogP contribution in [0.15, 0.2) is 95.8 Å². The number of nitrogens with zero attached hydrogens (tertiary/aromatic N) is 4. The Balaban J connectivity index is 1.14. The van der Waals surface area contributed by atoms with Crippen molar-refractivity contribution >= 4 is 33.2 Å². The molecule has 2 aromatic heterocycles. The van der Waals surface area contributed by atoms with E-state index in [4.69, 9.17) is 9.47 Å². The van der Waals surface area contributed by atoms with Gasteiger partial charge in [-0.15, -0.1) is 13.2 Å². The van der Waals surface area contributed by atoms with Crippen LogP contribution in [0.2, 0.25) is 0 Å². The number of piperidine rings is 6. The fourth-order valence-electron chi connectivity index (χ4n) is 10.3. The second-order valence-electron chi connectivity index (χ2n) is 15.7. The average molecular weight is 725 g/mol. The number of fused-ring (bicyclic) bond motifs is 8. The molecule has 3 aromatic carbocycles. The van der Waals surface area contributed by atoms with Crippen molar-refractivity contribution in [2.45, 2.75) is 49.9 Å². The fourth-order valence-corrected chi connectivity index (χ4v) is 10.3. The van der Waals surface area contributed by atoms with Gasteiger partial charge in [-0.2, -0.15) is 0 Å². The molecule has 10 unspecified atom stereocenters. The first-order valence-electron chi connectivity index (χ1n) is 19.3. The first-order valence-corrected chi connectivity index (χ1v) is 19.3. The first-order chi connectivity index (χ1) is 26.4. The van der Waals surface area contributed by atoms with Crippen molar-refractivity contribution in [1.82, 2.24) is 19.8 Å². The second kappa shape index (κ2) is 14.0. The number of aromatic nitrogens is 2. The van der Waals surface area contributed by atoms with Gasteiger partial charge in [0, 0.05) is 48.3 Å². The van der Waals surface area contributed by atoms with E-state index in [1.165, 1.54) is 0 Å². The zero-order valence-corrected chi connectivity index (χ0v) is 31.0. The number of anilines is 2. The Morgan fingerprint density at radius 1 is 0.704 bits per heavy atom. The molecular formula is C44H48N6O4. The van der Waals surface area contributed by atoms with Crippen LogP contribution in [-0.2, 0) is 0 Å². The molecule has 278 valence electrons. The monoisotopic (exact) mass is 724 g/mol. The van der Waals surface area contributed by atoms with Crippen molar-refractivity contribution in [3.63, 3.8) is 0 Å². The molecule has 10 heteroatoms. The largest absolute Gasteiger partial charge is 0.497 e. The Labute approximate surface area is 315 Å². The van der Waals surface area contributed by atoms with E-state index in [0.717, 1.165) is 96.3 Å². The Bertz CT molecular complexity index is 2160. The van der Waals surface area contributed by atoms with Crippen molar-refractivity contribution in [1.29, 1.82) is 0 Å². The molecule has 0 saturated carbocycles. The van der Waals surface area contributed by atoms with Crippen molar-refractivity contribution in [2.75, 3.05) is 51.0 Å². The highest BCUT2D eigenvalue weighted by atomic mass is 16.5. The predicted molar refractivity (Wildman–Crippen MR) is 214 cm³/mol. The first kappa shape index (κ1) is 34.7. The minimum absolute atomic E-state index is 0.0948. The molecular weight excluding hydrogens is 677 g/mol. The second-order valence-corrected chi connectivity index (χ2v) is 15.7. The van der Waals surface area contributed by atoms with Gasteiger partial charge in [-0.05, 0) is 122 Å². The molecule has 6 saturated heterocycles. The van der Waals surface area contributed by atoms with E-state index < -0.39 is 10.9 Å². The molecule has 10 atom stereocenters. The summed E-state index contributed by atoms with van der Waals surface area (Å²) in [6.07, 6.45) is 12.0. The van der Waals surface area contributed by atoms with Crippen LogP contribution in [0.5, 0.6) is 11.5 Å². The minimum Gasteiger partial charge on any atom is -0.497 e. The maximum Gasteiger partial charge on any atom is 0.253 e. The van der Waals surface area contributed by atoms with Crippen LogP contribution in [0.4, 0.5) is 11.4 Å². The molecule has 4 bridgehead atoms. The quantitative estimate of drug-likeness (QED) is 0.109. The van der Waals surface area contributed by atoms with E-state index in [0.29, 0.717) is 35.0 Å². The molecule has 5 aromatic rings. The van der Waals surface area contributed by atoms with Gasteiger partial charge in [0.1, 0.15) is 22.9 Å². The van der Waals surface area contributed by atoms with Gasteiger partial charge in [0.25, 0.3) is 10.9 Å². The van der Waals surface area contributed by atoms with E-state index in [1.807, 2.05) is 60.9 Å². The number of rotatable bonds is 12. The Kier molecular flexibility index (Phi) is 8.98. The molecule has 6 fully saturated rings. The number of methoxy groups -OCH3 is 2. The van der Waals surface area contributed by atoms with Crippen LogP contribution in [0.1, 0.15) is 48.9 Å². The number of benzene rings is 2. The molecule has 0 spiro atoms. The molecule has 6 aliphatic heterocycles. The molecule has 2 N–H and O–H groups in total. The molecule has 54 heavy (non-hydrogen) atoms. The highest BCUT2D eigenvalue weighted by Gasteiger charge is 2.46. The molecule has 6 aliphatic rings. The zero-order chi connectivity index (χ0) is 37.1. The van der Waals surface area contributed by atoms with Gasteiger partial charge < -0.3 is 20.1 Å². The fraction of sp³-hybridized carbons (Fsp3) is 0.409. The summed E-state index contributed by atoms with van der Waals surface area (Å²) < 4.78 is 11.3. The van der Waals surface area contributed by atoms with Crippen molar-refractivity contribution in [3.8, 4) is 11.5 Å². The van der Waals surface area contributed by atoms with E-state index in [-0.39, 0.29) is 24.2 Å². The van der Waals surface area contributed by atoms with Crippen molar-refractivity contribution in [3.05, 3.63) is 118 Å². The zero-order valence-electron chi connectivity index (χ0n) is 31.0. The average Bonchev–Trinajstić information content (AvgIpc) is 3.24. The van der Waals surface area contributed by atoms with E-state index >= 15 is 0 Å². The highest BCUT2D eigenvalue weighted by Crippen LogP contribution is 2.46. The Morgan fingerprint density at radius 3 is 1.52 bits per heavy atom. The van der Waals surface area contributed by atoms with Gasteiger partial charge in [-0.3, -0.25) is 29.4 Å². The van der Waals surface area contributed by atoms with Gasteiger partial charge in [0.15, 0.2) is 0 Å². The summed E-state index contributed by atoms with van der Waals surface area (Å²) in [5.41, 5.74) is 3.47. The molecule has 11 rings (SSSR count).